The largest absolute Gasteiger partial charge is 0.493 e. The molecule has 0 unspecified atom stereocenters. The molecule has 0 spiro atoms. The lowest BCUT2D eigenvalue weighted by Crippen LogP contribution is -2.37. The van der Waals surface area contributed by atoms with Crippen LogP contribution in [-0.2, 0) is 38.6 Å². The van der Waals surface area contributed by atoms with Gasteiger partial charge in [0.05, 0.1) is 25.3 Å². The number of benzene rings is 2. The lowest BCUT2D eigenvalue weighted by atomic mass is 9.93. The van der Waals surface area contributed by atoms with Crippen LogP contribution in [0.2, 0.25) is 0 Å². The fraction of sp³-hybridized carbons (Fsp3) is 0.324. The summed E-state index contributed by atoms with van der Waals surface area (Å²) >= 11 is 0. The van der Waals surface area contributed by atoms with Crippen LogP contribution in [0.4, 0.5) is 4.39 Å². The first-order valence-electron chi connectivity index (χ1n) is 16.7. The number of carboxylic acid groups (broad SMARTS) is 4. The fourth-order valence-electron chi connectivity index (χ4n) is 6.07. The van der Waals surface area contributed by atoms with Crippen molar-refractivity contribution in [2.75, 3.05) is 33.9 Å². The molecule has 6 rings (SSSR count). The van der Waals surface area contributed by atoms with Gasteiger partial charge in [0.1, 0.15) is 17.3 Å². The van der Waals surface area contributed by atoms with Crippen LogP contribution in [-0.4, -0.2) is 102 Å². The van der Waals surface area contributed by atoms with Crippen LogP contribution in [0, 0.1) is 18.7 Å². The van der Waals surface area contributed by atoms with E-state index in [2.05, 4.69) is 14.5 Å². The molecule has 16 nitrogen and oxygen atoms in total. The van der Waals surface area contributed by atoms with E-state index in [0.29, 0.717) is 36.0 Å². The van der Waals surface area contributed by atoms with Crippen molar-refractivity contribution in [2.45, 2.75) is 39.2 Å². The van der Waals surface area contributed by atoms with Gasteiger partial charge in [0.2, 0.25) is 0 Å². The smallest absolute Gasteiger partial charge is 0.414 e. The molecule has 1 aliphatic rings. The van der Waals surface area contributed by atoms with Crippen LogP contribution in [0.15, 0.2) is 65.6 Å². The quantitative estimate of drug-likeness (QED) is 0.159. The topological polar surface area (TPSA) is 223 Å². The van der Waals surface area contributed by atoms with E-state index in [1.165, 1.54) is 12.1 Å². The summed E-state index contributed by atoms with van der Waals surface area (Å²) in [6.07, 6.45) is 5.44. The average molecular weight is 750 g/mol. The third-order valence-corrected chi connectivity index (χ3v) is 8.84. The van der Waals surface area contributed by atoms with Crippen LogP contribution in [0.1, 0.15) is 35.5 Å². The minimum atomic E-state index is -1.82. The number of methoxy groups -OCH3 is 2. The molecule has 1 saturated heterocycles. The van der Waals surface area contributed by atoms with E-state index in [0.717, 1.165) is 72.6 Å². The van der Waals surface area contributed by atoms with Crippen molar-refractivity contribution in [2.24, 2.45) is 5.92 Å². The molecule has 1 fully saturated rings. The number of hydrogen-bond donors (Lipinski definition) is 4. The number of carbonyl (C=O) groups is 4. The Hall–Kier alpha value is -6.36. The average Bonchev–Trinajstić information content (AvgIpc) is 3.47. The molecule has 0 radical (unpaired) electrons. The van der Waals surface area contributed by atoms with Gasteiger partial charge in [-0.1, -0.05) is 18.2 Å². The summed E-state index contributed by atoms with van der Waals surface area (Å²) in [5.41, 5.74) is 5.16. The molecule has 3 aromatic heterocycles. The monoisotopic (exact) mass is 749 g/mol. The first kappa shape index (κ1) is 40.4. The molecule has 5 aromatic rings. The predicted molar refractivity (Wildman–Crippen MR) is 192 cm³/mol. The summed E-state index contributed by atoms with van der Waals surface area (Å²) in [6.45, 7) is 5.32. The van der Waals surface area contributed by atoms with Gasteiger partial charge >= 0.3 is 23.9 Å². The molecule has 286 valence electrons. The molecule has 54 heavy (non-hydrogen) atoms. The van der Waals surface area contributed by atoms with Crippen molar-refractivity contribution in [1.82, 2.24) is 23.8 Å². The third kappa shape index (κ3) is 10.4. The molecule has 0 amide bonds. The number of ether oxygens (including phenoxy) is 2. The number of aryl methyl sites for hydroxylation is 1. The first-order valence-corrected chi connectivity index (χ1v) is 16.7. The van der Waals surface area contributed by atoms with Gasteiger partial charge in [-0.25, -0.2) is 33.5 Å². The number of rotatable bonds is 9. The number of aliphatic carboxylic acids is 4. The Balaban J connectivity index is 0.000000470. The summed E-state index contributed by atoms with van der Waals surface area (Å²) in [4.78, 5) is 61.6. The second kappa shape index (κ2) is 18.4. The van der Waals surface area contributed by atoms with Gasteiger partial charge in [0.15, 0.2) is 11.5 Å². The number of halogens is 1. The number of hydrogen-bond acceptors (Lipinski definition) is 10. The fourth-order valence-corrected chi connectivity index (χ4v) is 6.07. The Morgan fingerprint density at radius 1 is 0.852 bits per heavy atom. The second-order valence-corrected chi connectivity index (χ2v) is 12.3. The van der Waals surface area contributed by atoms with Crippen molar-refractivity contribution < 1.29 is 53.5 Å². The van der Waals surface area contributed by atoms with E-state index < -0.39 is 23.9 Å². The van der Waals surface area contributed by atoms with Crippen LogP contribution in [0.3, 0.4) is 0 Å². The van der Waals surface area contributed by atoms with Crippen LogP contribution in [0.5, 0.6) is 11.5 Å². The lowest BCUT2D eigenvalue weighted by molar-refractivity contribution is -0.159. The molecule has 2 aromatic carbocycles. The molecule has 0 bridgehead atoms. The molecule has 0 aliphatic carbocycles. The standard InChI is InChI=1S/C33H36FN5O3.2C2H2O4/c1-22-26(33(40)38-14-5-4-6-31(38)35-22)13-17-37-15-11-23(12-16-37)18-32-36-27-19-29(41-2)30(42-3)20-28(27)39(32)21-24-7-9-25(34)10-8-24;2*3-1(4)2(5)6/h4-10,14,19-20,23H,11-13,15-18,21H2,1-3H3;2*(H,3,4)(H,5,6). The number of fused-ring (bicyclic) bond motifs is 2. The normalized spacial score (nSPS) is 13.0. The third-order valence-electron chi connectivity index (χ3n) is 8.84. The van der Waals surface area contributed by atoms with Crippen molar-refractivity contribution in [3.05, 3.63) is 99.6 Å². The zero-order chi connectivity index (χ0) is 39.5. The SMILES string of the molecule is COc1cc2nc(CC3CCN(CCc4c(C)nc5ccccn5c4=O)CC3)n(Cc3ccc(F)cc3)c2cc1OC.O=C(O)C(=O)O.O=C(O)C(=O)O. The molecule has 17 heteroatoms. The summed E-state index contributed by atoms with van der Waals surface area (Å²) < 4.78 is 28.6. The van der Waals surface area contributed by atoms with Gasteiger partial charge < -0.3 is 39.4 Å². The zero-order valence-electron chi connectivity index (χ0n) is 29.8. The highest BCUT2D eigenvalue weighted by Crippen LogP contribution is 2.34. The van der Waals surface area contributed by atoms with Crippen LogP contribution in [0.25, 0.3) is 16.7 Å². The number of aromatic nitrogens is 4. The number of likely N-dealkylation sites (tertiary alicyclic amines) is 1. The summed E-state index contributed by atoms with van der Waals surface area (Å²) in [7, 11) is 3.26. The Labute approximate surface area is 307 Å². The molecular weight excluding hydrogens is 709 g/mol. The van der Waals surface area contributed by atoms with E-state index in [9.17, 15) is 9.18 Å². The van der Waals surface area contributed by atoms with Gasteiger partial charge in [-0.2, -0.15) is 0 Å². The number of pyridine rings is 1. The van der Waals surface area contributed by atoms with Crippen LogP contribution >= 0.6 is 0 Å². The zero-order valence-corrected chi connectivity index (χ0v) is 29.8. The maximum absolute atomic E-state index is 13.6. The number of piperidine rings is 1. The van der Waals surface area contributed by atoms with Crippen molar-refractivity contribution >= 4 is 40.6 Å². The Morgan fingerprint density at radius 2 is 1.44 bits per heavy atom. The summed E-state index contributed by atoms with van der Waals surface area (Å²) in [5, 5.41) is 29.6. The van der Waals surface area contributed by atoms with Crippen molar-refractivity contribution in [1.29, 1.82) is 0 Å². The molecule has 1 aliphatic heterocycles. The van der Waals surface area contributed by atoms with Gasteiger partial charge in [-0.15, -0.1) is 0 Å². The highest BCUT2D eigenvalue weighted by molar-refractivity contribution is 6.27. The van der Waals surface area contributed by atoms with E-state index in [-0.39, 0.29) is 11.4 Å². The van der Waals surface area contributed by atoms with E-state index in [4.69, 9.17) is 54.1 Å². The van der Waals surface area contributed by atoms with Crippen molar-refractivity contribution in [3.63, 3.8) is 0 Å². The summed E-state index contributed by atoms with van der Waals surface area (Å²) in [6, 6.07) is 16.2. The van der Waals surface area contributed by atoms with Crippen molar-refractivity contribution in [3.8, 4) is 11.5 Å². The Kier molecular flexibility index (Phi) is 13.8. The van der Waals surface area contributed by atoms with Gasteiger partial charge in [-0.05, 0) is 75.0 Å². The Bertz CT molecular complexity index is 2150. The minimum Gasteiger partial charge on any atom is -0.493 e. The molecule has 4 heterocycles. The van der Waals surface area contributed by atoms with E-state index >= 15 is 0 Å². The maximum Gasteiger partial charge on any atom is 0.414 e. The predicted octanol–water partition coefficient (Wildman–Crippen LogP) is 3.37. The first-order chi connectivity index (χ1) is 25.7. The number of carboxylic acids is 4. The number of nitrogens with zero attached hydrogens (tertiary/aromatic N) is 5. The molecule has 0 saturated carbocycles. The molecular formula is C37H40FN5O11. The van der Waals surface area contributed by atoms with Gasteiger partial charge in [0, 0.05) is 49.1 Å². The van der Waals surface area contributed by atoms with E-state index in [1.54, 1.807) is 24.8 Å². The molecule has 0 atom stereocenters. The second-order valence-electron chi connectivity index (χ2n) is 12.3. The Morgan fingerprint density at radius 3 is 2.02 bits per heavy atom. The van der Waals surface area contributed by atoms with Gasteiger partial charge in [0.25, 0.3) is 5.56 Å². The van der Waals surface area contributed by atoms with Crippen LogP contribution < -0.4 is 15.0 Å². The maximum atomic E-state index is 13.6. The van der Waals surface area contributed by atoms with E-state index in [1.807, 2.05) is 49.4 Å². The highest BCUT2D eigenvalue weighted by atomic mass is 19.1. The highest BCUT2D eigenvalue weighted by Gasteiger charge is 2.24. The molecule has 4 N–H and O–H groups in total. The van der Waals surface area contributed by atoms with Gasteiger partial charge in [-0.3, -0.25) is 9.20 Å². The minimum absolute atomic E-state index is 0.0290. The number of imidazole rings is 1. The lowest BCUT2D eigenvalue weighted by Gasteiger charge is -2.32. The summed E-state index contributed by atoms with van der Waals surface area (Å²) in [5.74, 6) is -4.74.